The van der Waals surface area contributed by atoms with E-state index in [1.165, 1.54) is 5.01 Å². The molecule has 4 heterocycles. The zero-order valence-electron chi connectivity index (χ0n) is 16.8. The van der Waals surface area contributed by atoms with Crippen LogP contribution in [0.25, 0.3) is 0 Å². The van der Waals surface area contributed by atoms with Gasteiger partial charge in [0.05, 0.1) is 17.5 Å². The van der Waals surface area contributed by atoms with Gasteiger partial charge in [-0.2, -0.15) is 5.10 Å². The zero-order valence-corrected chi connectivity index (χ0v) is 19.2. The molecule has 1 aromatic rings. The van der Waals surface area contributed by atoms with Crippen LogP contribution in [-0.4, -0.2) is 80.9 Å². The Morgan fingerprint density at radius 2 is 1.94 bits per heavy atom. The van der Waals surface area contributed by atoms with E-state index in [4.69, 9.17) is 0 Å². The molecule has 31 heavy (non-hydrogen) atoms. The van der Waals surface area contributed by atoms with Crippen molar-refractivity contribution in [2.75, 3.05) is 24.6 Å². The molecule has 2 saturated heterocycles. The normalized spacial score (nSPS) is 25.0. The molecule has 4 rings (SSSR count). The quantitative estimate of drug-likeness (QED) is 0.629. The fraction of sp³-hybridized carbons (Fsp3) is 0.611. The van der Waals surface area contributed by atoms with E-state index in [1.54, 1.807) is 22.4 Å². The molecular formula is C18H24N4O6S3. The van der Waals surface area contributed by atoms with E-state index in [9.17, 15) is 26.4 Å². The number of hydrogen-bond donors (Lipinski definition) is 1. The highest BCUT2D eigenvalue weighted by atomic mass is 32.2. The number of thiophene rings is 1. The van der Waals surface area contributed by atoms with Crippen molar-refractivity contribution in [1.29, 1.82) is 0 Å². The van der Waals surface area contributed by atoms with Crippen molar-refractivity contribution in [1.82, 2.24) is 14.6 Å². The molecule has 0 spiro atoms. The van der Waals surface area contributed by atoms with Gasteiger partial charge in [-0.15, -0.1) is 11.3 Å². The van der Waals surface area contributed by atoms with Gasteiger partial charge in [0.2, 0.25) is 15.9 Å². The van der Waals surface area contributed by atoms with E-state index in [2.05, 4.69) is 9.82 Å². The number of likely N-dealkylation sites (tertiary alicyclic amines) is 1. The van der Waals surface area contributed by atoms with Gasteiger partial charge in [0.15, 0.2) is 9.84 Å². The fourth-order valence-electron chi connectivity index (χ4n) is 4.06. The summed E-state index contributed by atoms with van der Waals surface area (Å²) >= 11 is 1.15. The molecule has 2 amide bonds. The lowest BCUT2D eigenvalue weighted by molar-refractivity contribution is -0.134. The molecular weight excluding hydrogens is 464 g/mol. The van der Waals surface area contributed by atoms with Gasteiger partial charge >= 0.3 is 0 Å². The lowest BCUT2D eigenvalue weighted by Gasteiger charge is -2.34. The molecule has 3 aliphatic heterocycles. The molecule has 1 aromatic heterocycles. The van der Waals surface area contributed by atoms with Crippen molar-refractivity contribution in [2.24, 2.45) is 5.10 Å². The van der Waals surface area contributed by atoms with Crippen molar-refractivity contribution in [3.8, 4) is 0 Å². The van der Waals surface area contributed by atoms with Crippen LogP contribution in [0.1, 0.15) is 32.1 Å². The summed E-state index contributed by atoms with van der Waals surface area (Å²) in [5.41, 5.74) is 0.251. The number of carbonyl (C=O) groups is 2. The molecule has 1 unspecified atom stereocenters. The van der Waals surface area contributed by atoms with Crippen molar-refractivity contribution < 1.29 is 26.4 Å². The van der Waals surface area contributed by atoms with Crippen LogP contribution in [0.5, 0.6) is 0 Å². The zero-order chi connectivity index (χ0) is 22.2. The van der Waals surface area contributed by atoms with Crippen molar-refractivity contribution >= 4 is 48.7 Å². The summed E-state index contributed by atoms with van der Waals surface area (Å²) in [5.74, 6) is -0.646. The molecule has 0 radical (unpaired) electrons. The molecule has 0 aromatic carbocycles. The van der Waals surface area contributed by atoms with Crippen LogP contribution in [-0.2, 0) is 29.4 Å². The monoisotopic (exact) mass is 488 g/mol. The number of sulfonamides is 1. The number of piperidine rings is 1. The first-order chi connectivity index (χ1) is 14.6. The van der Waals surface area contributed by atoms with Gasteiger partial charge < -0.3 is 4.90 Å². The highest BCUT2D eigenvalue weighted by molar-refractivity contribution is 7.91. The van der Waals surface area contributed by atoms with Gasteiger partial charge in [0.25, 0.3) is 5.91 Å². The van der Waals surface area contributed by atoms with Crippen molar-refractivity contribution in [2.45, 2.75) is 48.4 Å². The standard InChI is InChI=1S/C18H24N4O6S3/c23-16-4-3-15(19-22(16)14-7-11-30(25,26)12-14)18(24)21-8-5-13(6-9-21)20-31(27,28)17-2-1-10-29-17/h1-2,10,13-14,20H,3-9,11-12H2. The Morgan fingerprint density at radius 1 is 1.19 bits per heavy atom. The summed E-state index contributed by atoms with van der Waals surface area (Å²) in [6.07, 6.45) is 1.63. The van der Waals surface area contributed by atoms with Gasteiger partial charge in [0.1, 0.15) is 9.92 Å². The van der Waals surface area contributed by atoms with E-state index < -0.39 is 25.9 Å². The minimum Gasteiger partial charge on any atom is -0.337 e. The van der Waals surface area contributed by atoms with E-state index in [-0.39, 0.29) is 52.1 Å². The Morgan fingerprint density at radius 3 is 2.55 bits per heavy atom. The minimum atomic E-state index is -3.56. The molecule has 1 atom stereocenters. The molecule has 13 heteroatoms. The van der Waals surface area contributed by atoms with Gasteiger partial charge in [-0.05, 0) is 30.7 Å². The maximum Gasteiger partial charge on any atom is 0.270 e. The minimum absolute atomic E-state index is 0.0230. The third-order valence-electron chi connectivity index (χ3n) is 5.72. The average Bonchev–Trinajstić information content (AvgIpc) is 3.38. The molecule has 2 fully saturated rings. The van der Waals surface area contributed by atoms with Crippen molar-refractivity contribution in [3.63, 3.8) is 0 Å². The maximum atomic E-state index is 12.9. The fourth-order valence-corrected chi connectivity index (χ4v) is 8.06. The second-order valence-corrected chi connectivity index (χ2v) is 13.1. The maximum absolute atomic E-state index is 12.9. The summed E-state index contributed by atoms with van der Waals surface area (Å²) in [6.45, 7) is 0.752. The van der Waals surface area contributed by atoms with E-state index in [1.807, 2.05) is 0 Å². The van der Waals surface area contributed by atoms with Gasteiger partial charge in [-0.3, -0.25) is 9.59 Å². The number of hydrogen-bond acceptors (Lipinski definition) is 8. The van der Waals surface area contributed by atoms with Gasteiger partial charge in [0, 0.05) is 32.0 Å². The summed E-state index contributed by atoms with van der Waals surface area (Å²) in [7, 11) is -6.74. The molecule has 1 N–H and O–H groups in total. The first kappa shape index (κ1) is 22.4. The summed E-state index contributed by atoms with van der Waals surface area (Å²) < 4.78 is 51.2. The first-order valence-electron chi connectivity index (χ1n) is 10.1. The SMILES string of the molecule is O=C(C1=NN(C2CCS(=O)(=O)C2)C(=O)CC1)N1CCC(NS(=O)(=O)c2cccs2)CC1. The molecule has 3 aliphatic rings. The van der Waals surface area contributed by atoms with E-state index in [0.717, 1.165) is 11.3 Å². The lowest BCUT2D eigenvalue weighted by Crippen LogP contribution is -2.50. The van der Waals surface area contributed by atoms with Crippen LogP contribution in [0.15, 0.2) is 26.8 Å². The Balaban J connectivity index is 1.37. The predicted molar refractivity (Wildman–Crippen MR) is 115 cm³/mol. The lowest BCUT2D eigenvalue weighted by atomic mass is 10.0. The van der Waals surface area contributed by atoms with Crippen LogP contribution < -0.4 is 4.72 Å². The number of carbonyl (C=O) groups excluding carboxylic acids is 2. The van der Waals surface area contributed by atoms with Gasteiger partial charge in [-0.25, -0.2) is 26.6 Å². The third kappa shape index (κ3) is 4.99. The first-order valence-corrected chi connectivity index (χ1v) is 14.3. The number of sulfone groups is 1. The van der Waals surface area contributed by atoms with Gasteiger partial charge in [-0.1, -0.05) is 6.07 Å². The number of hydrazone groups is 1. The van der Waals surface area contributed by atoms with Crippen LogP contribution in [0.2, 0.25) is 0 Å². The predicted octanol–water partition coefficient (Wildman–Crippen LogP) is 0.183. The number of rotatable bonds is 5. The van der Waals surface area contributed by atoms with Crippen LogP contribution in [0.3, 0.4) is 0 Å². The Hall–Kier alpha value is -1.83. The molecule has 0 saturated carbocycles. The molecule has 170 valence electrons. The molecule has 0 aliphatic carbocycles. The van der Waals surface area contributed by atoms with Crippen LogP contribution in [0.4, 0.5) is 0 Å². The topological polar surface area (TPSA) is 133 Å². The summed E-state index contributed by atoms with van der Waals surface area (Å²) in [6, 6.07) is 2.46. The Bertz CT molecular complexity index is 1090. The summed E-state index contributed by atoms with van der Waals surface area (Å²) in [4.78, 5) is 26.8. The highest BCUT2D eigenvalue weighted by Crippen LogP contribution is 2.24. The second-order valence-electron chi connectivity index (χ2n) is 7.96. The van der Waals surface area contributed by atoms with Crippen molar-refractivity contribution in [3.05, 3.63) is 17.5 Å². The number of nitrogens with zero attached hydrogens (tertiary/aromatic N) is 3. The second kappa shape index (κ2) is 8.60. The highest BCUT2D eigenvalue weighted by Gasteiger charge is 2.38. The Kier molecular flexibility index (Phi) is 6.21. The smallest absolute Gasteiger partial charge is 0.270 e. The largest absolute Gasteiger partial charge is 0.337 e. The Labute approximate surface area is 185 Å². The third-order valence-corrected chi connectivity index (χ3v) is 10.4. The van der Waals surface area contributed by atoms with Crippen LogP contribution >= 0.6 is 11.3 Å². The number of amides is 2. The average molecular weight is 489 g/mol. The molecule has 10 nitrogen and oxygen atoms in total. The van der Waals surface area contributed by atoms with E-state index in [0.29, 0.717) is 32.4 Å². The number of nitrogens with one attached hydrogen (secondary N) is 1. The molecule has 0 bridgehead atoms. The summed E-state index contributed by atoms with van der Waals surface area (Å²) in [5, 5.41) is 7.12. The van der Waals surface area contributed by atoms with E-state index >= 15 is 0 Å². The van der Waals surface area contributed by atoms with Crippen LogP contribution in [0, 0.1) is 0 Å².